The van der Waals surface area contributed by atoms with Gasteiger partial charge in [-0.15, -0.1) is 33.4 Å². The first kappa shape index (κ1) is 25.4. The van der Waals surface area contributed by atoms with E-state index in [-0.39, 0.29) is 36.6 Å². The van der Waals surface area contributed by atoms with Crippen LogP contribution in [-0.2, 0) is 21.7 Å². The Balaban J connectivity index is 0.00000108. The van der Waals surface area contributed by atoms with Crippen LogP contribution in [0.1, 0.15) is 28.7 Å². The molecule has 0 atom stereocenters. The van der Waals surface area contributed by atoms with Crippen molar-refractivity contribution in [2.75, 3.05) is 0 Å². The van der Waals surface area contributed by atoms with E-state index in [0.717, 1.165) is 6.42 Å². The number of fused-ring (bicyclic) bond motifs is 2. The van der Waals surface area contributed by atoms with Crippen molar-refractivity contribution in [3.63, 3.8) is 0 Å². The zero-order valence-corrected chi connectivity index (χ0v) is 21.2. The molecule has 6 rings (SSSR count). The van der Waals surface area contributed by atoms with Gasteiger partial charge in [-0.2, -0.15) is 0 Å². The summed E-state index contributed by atoms with van der Waals surface area (Å²) in [6.07, 6.45) is 11.4. The first-order valence-electron chi connectivity index (χ1n) is 10.8. The average molecular weight is 471 g/mol. The number of rotatable bonds is 3. The Morgan fingerprint density at radius 1 is 0.647 bits per heavy atom. The van der Waals surface area contributed by atoms with Gasteiger partial charge in [0.25, 0.3) is 0 Å². The van der Waals surface area contributed by atoms with Gasteiger partial charge in [0.1, 0.15) is 0 Å². The maximum Gasteiger partial charge on any atom is 3.00 e. The van der Waals surface area contributed by atoms with Crippen LogP contribution in [0.15, 0.2) is 115 Å². The van der Waals surface area contributed by atoms with Crippen molar-refractivity contribution in [1.82, 2.24) is 0 Å². The van der Waals surface area contributed by atoms with Crippen molar-refractivity contribution in [3.8, 4) is 0 Å². The zero-order chi connectivity index (χ0) is 20.6. The van der Waals surface area contributed by atoms with E-state index in [1.54, 1.807) is 0 Å². The second kappa shape index (κ2) is 10.8. The van der Waals surface area contributed by atoms with Crippen molar-refractivity contribution in [2.45, 2.75) is 6.42 Å². The van der Waals surface area contributed by atoms with E-state index >= 15 is 0 Å². The smallest absolute Gasteiger partial charge is 0.358 e. The molecule has 163 valence electrons. The second-order valence-electron chi connectivity index (χ2n) is 8.01. The molecule has 0 aromatic heterocycles. The van der Waals surface area contributed by atoms with Gasteiger partial charge in [0.2, 0.25) is 0 Å². The summed E-state index contributed by atoms with van der Waals surface area (Å²) in [7, 11) is 0. The summed E-state index contributed by atoms with van der Waals surface area (Å²) in [6.45, 7) is 0. The van der Waals surface area contributed by atoms with Crippen LogP contribution in [0.4, 0.5) is 0 Å². The van der Waals surface area contributed by atoms with Crippen molar-refractivity contribution < 1.29 is 21.7 Å². The quantitative estimate of drug-likeness (QED) is 0.209. The molecule has 0 saturated heterocycles. The largest absolute Gasteiger partial charge is 3.00 e. The van der Waals surface area contributed by atoms with Gasteiger partial charge in [0.05, 0.1) is 0 Å². The van der Waals surface area contributed by atoms with E-state index in [1.165, 1.54) is 54.3 Å². The molecule has 0 N–H and O–H groups in total. The Morgan fingerprint density at radius 3 is 1.88 bits per heavy atom. The minimum Gasteiger partial charge on any atom is -0.358 e. The molecular weight excluding hydrogens is 444 g/mol. The van der Waals surface area contributed by atoms with Gasteiger partial charge in [-0.25, -0.2) is 0 Å². The molecule has 0 fully saturated rings. The zero-order valence-electron chi connectivity index (χ0n) is 19.7. The van der Waals surface area contributed by atoms with Crippen LogP contribution < -0.4 is 10.4 Å². The van der Waals surface area contributed by atoms with Gasteiger partial charge in [-0.1, -0.05) is 120 Å². The molecule has 0 heterocycles. The SMILES string of the molecule is [C-]1=c2ccccc2=c2ccc(=C(c3ccccc3)c3ccccc3)c(C3=CC=CC3)c21.[CH3-].[CH3-].[Ti+3]. The Morgan fingerprint density at radius 2 is 1.26 bits per heavy atom. The summed E-state index contributed by atoms with van der Waals surface area (Å²) in [4.78, 5) is 0. The van der Waals surface area contributed by atoms with Crippen LogP contribution in [0.5, 0.6) is 0 Å². The summed E-state index contributed by atoms with van der Waals surface area (Å²) in [5.41, 5.74) is 7.62. The van der Waals surface area contributed by atoms with Gasteiger partial charge in [-0.05, 0) is 28.3 Å². The van der Waals surface area contributed by atoms with Crippen molar-refractivity contribution >= 4 is 17.2 Å². The minimum absolute atomic E-state index is 0. The Kier molecular flexibility index (Phi) is 8.10. The Labute approximate surface area is 217 Å². The van der Waals surface area contributed by atoms with E-state index in [4.69, 9.17) is 0 Å². The summed E-state index contributed by atoms with van der Waals surface area (Å²) in [6, 6.07) is 34.7. The second-order valence-corrected chi connectivity index (χ2v) is 8.01. The molecule has 1 radical (unpaired) electrons. The molecule has 2 aliphatic carbocycles. The molecule has 34 heavy (non-hydrogen) atoms. The van der Waals surface area contributed by atoms with E-state index in [9.17, 15) is 0 Å². The Bertz CT molecular complexity index is 1530. The third-order valence-corrected chi connectivity index (χ3v) is 6.17. The van der Waals surface area contributed by atoms with Crippen LogP contribution >= 0.6 is 0 Å². The minimum atomic E-state index is 0. The molecule has 4 aromatic carbocycles. The molecule has 0 bridgehead atoms. The summed E-state index contributed by atoms with van der Waals surface area (Å²) < 4.78 is 0. The molecule has 2 aliphatic rings. The van der Waals surface area contributed by atoms with Crippen LogP contribution in [0, 0.1) is 25.3 Å². The standard InChI is InChI=1S/C31H21.2CH3.Ti/c1-3-11-22(12-4-1)30(23-13-5-2-6-14-23)28-20-19-27-26-18-10-9-17-25(26)21-29(27)31(28)24-15-7-8-16-24;;;/h1-15,17-20H,16H2;2*1H3;/q3*-1;+3. The van der Waals surface area contributed by atoms with E-state index < -0.39 is 0 Å². The predicted molar refractivity (Wildman–Crippen MR) is 141 cm³/mol. The van der Waals surface area contributed by atoms with Gasteiger partial charge >= 0.3 is 21.7 Å². The first-order valence-corrected chi connectivity index (χ1v) is 10.8. The van der Waals surface area contributed by atoms with Crippen LogP contribution in [0.2, 0.25) is 0 Å². The third kappa shape index (κ3) is 4.32. The van der Waals surface area contributed by atoms with E-state index in [1.807, 2.05) is 0 Å². The van der Waals surface area contributed by atoms with Crippen LogP contribution in [-0.4, -0.2) is 0 Å². The monoisotopic (exact) mass is 471 g/mol. The fourth-order valence-corrected chi connectivity index (χ4v) is 4.78. The molecular formula is C33H27Ti. The normalized spacial score (nSPS) is 12.2. The fourth-order valence-electron chi connectivity index (χ4n) is 4.78. The number of allylic oxidation sites excluding steroid dienone is 4. The van der Waals surface area contributed by atoms with E-state index in [2.05, 4.69) is 121 Å². The topological polar surface area (TPSA) is 0 Å². The van der Waals surface area contributed by atoms with E-state index in [0.29, 0.717) is 0 Å². The van der Waals surface area contributed by atoms with Crippen LogP contribution in [0.3, 0.4) is 0 Å². The van der Waals surface area contributed by atoms with Gasteiger partial charge < -0.3 is 14.9 Å². The molecule has 0 spiro atoms. The number of benzene rings is 4. The van der Waals surface area contributed by atoms with Gasteiger partial charge in [-0.3, -0.25) is 0 Å². The van der Waals surface area contributed by atoms with Crippen LogP contribution in [0.25, 0.3) is 17.2 Å². The number of hydrogen-bond donors (Lipinski definition) is 0. The predicted octanol–water partition coefficient (Wildman–Crippen LogP) is 6.48. The summed E-state index contributed by atoms with van der Waals surface area (Å²) in [5.74, 6) is 0. The van der Waals surface area contributed by atoms with Crippen molar-refractivity contribution in [3.05, 3.63) is 173 Å². The van der Waals surface area contributed by atoms with Gasteiger partial charge in [0, 0.05) is 0 Å². The molecule has 0 saturated carbocycles. The molecule has 4 aromatic rings. The maximum absolute atomic E-state index is 3.74. The molecule has 0 nitrogen and oxygen atoms in total. The summed E-state index contributed by atoms with van der Waals surface area (Å²) in [5, 5.41) is 5.01. The molecule has 0 unspecified atom stereocenters. The molecule has 1 heteroatoms. The fraction of sp³-hybridized carbons (Fsp3) is 0.0303. The molecule has 0 aliphatic heterocycles. The number of hydrogen-bond acceptors (Lipinski definition) is 0. The maximum atomic E-state index is 3.74. The van der Waals surface area contributed by atoms with Crippen molar-refractivity contribution in [1.29, 1.82) is 0 Å². The van der Waals surface area contributed by atoms with Crippen molar-refractivity contribution in [2.24, 2.45) is 0 Å². The third-order valence-electron chi connectivity index (χ3n) is 6.17. The first-order chi connectivity index (χ1) is 15.4. The molecule has 0 amide bonds. The average Bonchev–Trinajstić information content (AvgIpc) is 3.49. The summed E-state index contributed by atoms with van der Waals surface area (Å²) >= 11 is 0. The Hall–Kier alpha value is -3.19. The van der Waals surface area contributed by atoms with Gasteiger partial charge in [0.15, 0.2) is 0 Å².